The number of carboxylic acid groups (broad SMARTS) is 1. The van der Waals surface area contributed by atoms with Crippen LogP contribution in [0.4, 0.5) is 5.00 Å². The normalized spacial score (nSPS) is 24.0. The predicted octanol–water partition coefficient (Wildman–Crippen LogP) is 4.76. The molecule has 0 spiro atoms. The number of nitrogens with one attached hydrogen (secondary N) is 1. The van der Waals surface area contributed by atoms with Gasteiger partial charge in [0.1, 0.15) is 10.6 Å². The first kappa shape index (κ1) is 22.8. The Kier molecular flexibility index (Phi) is 6.29. The fraction of sp³-hybridized carbons (Fsp3) is 0.435. The standard InChI is InChI=1S/C23H24ClNO6S/c1-10(2)30-23(29)19-16(12-4-6-13(24)7-5-12)11(3)32-21(19)25-20(26)17-14-8-9-15(31-14)18(17)22(27)28/h4-7,10,14-15,17-18H,8-9H2,1-3H3,(H,25,26)(H,27,28)/t14-,15+,17+,18-/m0/s1. The Morgan fingerprint density at radius 3 is 2.38 bits per heavy atom. The topological polar surface area (TPSA) is 102 Å². The maximum atomic E-state index is 13.2. The molecule has 1 amide bonds. The minimum Gasteiger partial charge on any atom is -0.481 e. The molecule has 0 radical (unpaired) electrons. The molecule has 2 bridgehead atoms. The van der Waals surface area contributed by atoms with Crippen molar-refractivity contribution in [2.45, 2.75) is 51.9 Å². The second-order valence-electron chi connectivity index (χ2n) is 8.37. The summed E-state index contributed by atoms with van der Waals surface area (Å²) in [5, 5.41) is 13.4. The lowest BCUT2D eigenvalue weighted by Gasteiger charge is -2.23. The lowest BCUT2D eigenvalue weighted by Crippen LogP contribution is -2.41. The molecule has 2 aliphatic rings. The average Bonchev–Trinajstić information content (AvgIpc) is 3.41. The number of benzene rings is 1. The van der Waals surface area contributed by atoms with E-state index in [4.69, 9.17) is 21.1 Å². The van der Waals surface area contributed by atoms with Crippen LogP contribution in [0, 0.1) is 18.8 Å². The molecule has 1 aromatic carbocycles. The summed E-state index contributed by atoms with van der Waals surface area (Å²) < 4.78 is 11.2. The van der Waals surface area contributed by atoms with Crippen LogP contribution in [0.15, 0.2) is 24.3 Å². The summed E-state index contributed by atoms with van der Waals surface area (Å²) in [5.74, 6) is -3.74. The molecule has 4 rings (SSSR count). The van der Waals surface area contributed by atoms with Crippen LogP contribution in [0.2, 0.25) is 5.02 Å². The van der Waals surface area contributed by atoms with Crippen LogP contribution in [0.25, 0.3) is 11.1 Å². The Bertz CT molecular complexity index is 1060. The first-order valence-electron chi connectivity index (χ1n) is 10.5. The van der Waals surface area contributed by atoms with Crippen LogP contribution in [0.1, 0.15) is 41.9 Å². The van der Waals surface area contributed by atoms with Crippen LogP contribution in [-0.4, -0.2) is 41.3 Å². The largest absolute Gasteiger partial charge is 0.481 e. The Hall–Kier alpha value is -2.42. The highest BCUT2D eigenvalue weighted by Gasteiger charge is 2.55. The van der Waals surface area contributed by atoms with Gasteiger partial charge in [-0.2, -0.15) is 0 Å². The zero-order valence-corrected chi connectivity index (χ0v) is 19.5. The van der Waals surface area contributed by atoms with E-state index in [9.17, 15) is 19.5 Å². The highest BCUT2D eigenvalue weighted by Crippen LogP contribution is 2.46. The molecule has 2 N–H and O–H groups in total. The number of carbonyl (C=O) groups excluding carboxylic acids is 2. The fourth-order valence-corrected chi connectivity index (χ4v) is 5.78. The molecule has 2 aromatic rings. The van der Waals surface area contributed by atoms with E-state index in [1.54, 1.807) is 38.1 Å². The third kappa shape index (κ3) is 4.14. The molecule has 4 atom stereocenters. The summed E-state index contributed by atoms with van der Waals surface area (Å²) >= 11 is 7.28. The van der Waals surface area contributed by atoms with Crippen molar-refractivity contribution in [3.63, 3.8) is 0 Å². The summed E-state index contributed by atoms with van der Waals surface area (Å²) in [6.07, 6.45) is 0.0572. The molecule has 0 aliphatic carbocycles. The number of carboxylic acids is 1. The molecule has 1 aromatic heterocycles. The van der Waals surface area contributed by atoms with E-state index in [2.05, 4.69) is 5.32 Å². The summed E-state index contributed by atoms with van der Waals surface area (Å²) in [6.45, 7) is 5.36. The van der Waals surface area contributed by atoms with Gasteiger partial charge >= 0.3 is 11.9 Å². The molecule has 7 nitrogen and oxygen atoms in total. The van der Waals surface area contributed by atoms with E-state index in [1.807, 2.05) is 6.92 Å². The minimum atomic E-state index is -1.04. The zero-order chi connectivity index (χ0) is 23.2. The Morgan fingerprint density at radius 1 is 1.16 bits per heavy atom. The molecular weight excluding hydrogens is 454 g/mol. The smallest absolute Gasteiger partial charge is 0.342 e. The SMILES string of the molecule is Cc1sc(NC(=O)[C@H]2[C@@H](C(=O)O)[C@H]3CC[C@@H]2O3)c(C(=O)OC(C)C)c1-c1ccc(Cl)cc1. The fourth-order valence-electron chi connectivity index (χ4n) is 4.58. The van der Waals surface area contributed by atoms with Crippen molar-refractivity contribution in [2.75, 3.05) is 5.32 Å². The molecule has 32 heavy (non-hydrogen) atoms. The van der Waals surface area contributed by atoms with Crippen molar-refractivity contribution in [1.29, 1.82) is 0 Å². The molecule has 2 aliphatic heterocycles. The van der Waals surface area contributed by atoms with Crippen molar-refractivity contribution >= 4 is 45.8 Å². The average molecular weight is 478 g/mol. The number of hydrogen-bond donors (Lipinski definition) is 2. The summed E-state index contributed by atoms with van der Waals surface area (Å²) in [7, 11) is 0. The van der Waals surface area contributed by atoms with E-state index in [-0.39, 0.29) is 11.7 Å². The molecule has 0 saturated carbocycles. The second-order valence-corrected chi connectivity index (χ2v) is 10.0. The van der Waals surface area contributed by atoms with Gasteiger partial charge in [-0.3, -0.25) is 9.59 Å². The first-order valence-corrected chi connectivity index (χ1v) is 11.7. The number of ether oxygens (including phenoxy) is 2. The van der Waals surface area contributed by atoms with Gasteiger partial charge in [-0.1, -0.05) is 23.7 Å². The van der Waals surface area contributed by atoms with Crippen LogP contribution in [0.5, 0.6) is 0 Å². The van der Waals surface area contributed by atoms with Gasteiger partial charge in [0.15, 0.2) is 0 Å². The molecular formula is C23H24ClNO6S. The predicted molar refractivity (Wildman–Crippen MR) is 121 cm³/mol. The quantitative estimate of drug-likeness (QED) is 0.581. The number of fused-ring (bicyclic) bond motifs is 2. The van der Waals surface area contributed by atoms with Crippen molar-refractivity contribution < 1.29 is 29.0 Å². The maximum absolute atomic E-state index is 13.2. The number of rotatable bonds is 6. The van der Waals surface area contributed by atoms with Gasteiger partial charge in [-0.25, -0.2) is 4.79 Å². The van der Waals surface area contributed by atoms with Crippen LogP contribution >= 0.6 is 22.9 Å². The van der Waals surface area contributed by atoms with E-state index in [1.165, 1.54) is 11.3 Å². The molecule has 9 heteroatoms. The molecule has 3 heterocycles. The lowest BCUT2D eigenvalue weighted by atomic mass is 9.78. The van der Waals surface area contributed by atoms with Crippen LogP contribution in [0.3, 0.4) is 0 Å². The van der Waals surface area contributed by atoms with Gasteiger partial charge in [0, 0.05) is 15.5 Å². The molecule has 2 fully saturated rings. The second kappa shape index (κ2) is 8.84. The minimum absolute atomic E-state index is 0.257. The number of amides is 1. The Labute approximate surface area is 194 Å². The van der Waals surface area contributed by atoms with E-state index < -0.39 is 41.9 Å². The number of anilines is 1. The first-order chi connectivity index (χ1) is 15.2. The van der Waals surface area contributed by atoms with Gasteiger partial charge in [-0.05, 0) is 51.3 Å². The molecule has 0 unspecified atom stereocenters. The monoisotopic (exact) mass is 477 g/mol. The number of thiophene rings is 1. The molecule has 2 saturated heterocycles. The van der Waals surface area contributed by atoms with Crippen molar-refractivity contribution in [2.24, 2.45) is 11.8 Å². The third-order valence-corrected chi connectivity index (χ3v) is 7.13. The van der Waals surface area contributed by atoms with Crippen LogP contribution in [-0.2, 0) is 19.1 Å². The Balaban J connectivity index is 1.71. The number of esters is 1. The van der Waals surface area contributed by atoms with Crippen molar-refractivity contribution in [1.82, 2.24) is 0 Å². The zero-order valence-electron chi connectivity index (χ0n) is 17.9. The van der Waals surface area contributed by atoms with Crippen LogP contribution < -0.4 is 5.32 Å². The number of aliphatic carboxylic acids is 1. The van der Waals surface area contributed by atoms with Gasteiger partial charge in [0.05, 0.1) is 30.1 Å². The summed E-state index contributed by atoms with van der Waals surface area (Å²) in [6, 6.07) is 7.07. The summed E-state index contributed by atoms with van der Waals surface area (Å²) in [5.41, 5.74) is 1.69. The van der Waals surface area contributed by atoms with E-state index in [0.29, 0.717) is 28.4 Å². The van der Waals surface area contributed by atoms with Gasteiger partial charge in [0.2, 0.25) is 5.91 Å². The number of hydrogen-bond acceptors (Lipinski definition) is 6. The molecule has 170 valence electrons. The van der Waals surface area contributed by atoms with Gasteiger partial charge in [0.25, 0.3) is 0 Å². The summed E-state index contributed by atoms with van der Waals surface area (Å²) in [4.78, 5) is 38.8. The number of halogens is 1. The van der Waals surface area contributed by atoms with E-state index in [0.717, 1.165) is 10.4 Å². The van der Waals surface area contributed by atoms with Gasteiger partial charge in [-0.15, -0.1) is 11.3 Å². The van der Waals surface area contributed by atoms with Gasteiger partial charge < -0.3 is 19.9 Å². The number of aryl methyl sites for hydroxylation is 1. The van der Waals surface area contributed by atoms with Crippen molar-refractivity contribution in [3.05, 3.63) is 39.7 Å². The Morgan fingerprint density at radius 2 is 1.78 bits per heavy atom. The highest BCUT2D eigenvalue weighted by atomic mass is 35.5. The lowest BCUT2D eigenvalue weighted by molar-refractivity contribution is -0.147. The van der Waals surface area contributed by atoms with Crippen molar-refractivity contribution in [3.8, 4) is 11.1 Å². The van der Waals surface area contributed by atoms with E-state index >= 15 is 0 Å². The third-order valence-electron chi connectivity index (χ3n) is 5.86. The highest BCUT2D eigenvalue weighted by molar-refractivity contribution is 7.17. The maximum Gasteiger partial charge on any atom is 0.342 e. The number of carbonyl (C=O) groups is 3.